The van der Waals surface area contributed by atoms with Crippen LogP contribution in [0.15, 0.2) is 18.2 Å². The van der Waals surface area contributed by atoms with Crippen LogP contribution in [0.1, 0.15) is 76.4 Å². The van der Waals surface area contributed by atoms with Crippen molar-refractivity contribution in [3.8, 4) is 0 Å². The summed E-state index contributed by atoms with van der Waals surface area (Å²) in [4.78, 5) is 0. The van der Waals surface area contributed by atoms with E-state index in [0.29, 0.717) is 12.0 Å². The zero-order chi connectivity index (χ0) is 14.8. The van der Waals surface area contributed by atoms with Gasteiger partial charge in [-0.25, -0.2) is 4.39 Å². The lowest BCUT2D eigenvalue weighted by molar-refractivity contribution is 0.159. The molecule has 0 heterocycles. The van der Waals surface area contributed by atoms with Crippen LogP contribution < -0.4 is 0 Å². The Morgan fingerprint density at radius 3 is 2.30 bits per heavy atom. The van der Waals surface area contributed by atoms with Gasteiger partial charge in [0.05, 0.1) is 11.1 Å². The average Bonchev–Trinajstić information content (AvgIpc) is 2.44. The number of aliphatic hydroxyl groups is 1. The lowest BCUT2D eigenvalue weighted by atomic mass is 10.0. The highest BCUT2D eigenvalue weighted by atomic mass is 35.5. The van der Waals surface area contributed by atoms with Crippen LogP contribution >= 0.6 is 11.6 Å². The molecule has 1 nitrogen and oxygen atoms in total. The average molecular weight is 301 g/mol. The summed E-state index contributed by atoms with van der Waals surface area (Å²) in [6, 6.07) is 4.79. The summed E-state index contributed by atoms with van der Waals surface area (Å²) in [5.41, 5.74) is 0.320. The molecule has 20 heavy (non-hydrogen) atoms. The van der Waals surface area contributed by atoms with Gasteiger partial charge in [0.25, 0.3) is 0 Å². The Labute approximate surface area is 127 Å². The highest BCUT2D eigenvalue weighted by Gasteiger charge is 2.14. The Bertz CT molecular complexity index is 381. The van der Waals surface area contributed by atoms with E-state index in [2.05, 4.69) is 6.92 Å². The van der Waals surface area contributed by atoms with Gasteiger partial charge in [0.2, 0.25) is 0 Å². The predicted octanol–water partition coefficient (Wildman–Crippen LogP) is 6.04. The molecule has 114 valence electrons. The summed E-state index contributed by atoms with van der Waals surface area (Å²) in [5.74, 6) is -0.485. The van der Waals surface area contributed by atoms with E-state index in [9.17, 15) is 9.50 Å². The van der Waals surface area contributed by atoms with Gasteiger partial charge in [0.15, 0.2) is 0 Å². The van der Waals surface area contributed by atoms with Gasteiger partial charge < -0.3 is 5.11 Å². The molecule has 0 radical (unpaired) electrons. The van der Waals surface area contributed by atoms with Crippen molar-refractivity contribution < 1.29 is 9.50 Å². The molecule has 3 heteroatoms. The summed E-state index contributed by atoms with van der Waals surface area (Å²) < 4.78 is 13.7. The van der Waals surface area contributed by atoms with Gasteiger partial charge in [-0.1, -0.05) is 82.0 Å². The summed E-state index contributed by atoms with van der Waals surface area (Å²) >= 11 is 5.72. The molecular formula is C17H26ClFO. The van der Waals surface area contributed by atoms with Crippen molar-refractivity contribution in [2.45, 2.75) is 70.8 Å². The Kier molecular flexibility index (Phi) is 8.88. The monoisotopic (exact) mass is 300 g/mol. The highest BCUT2D eigenvalue weighted by Crippen LogP contribution is 2.26. The lowest BCUT2D eigenvalue weighted by Crippen LogP contribution is -2.01. The number of rotatable bonds is 10. The van der Waals surface area contributed by atoms with Crippen molar-refractivity contribution in [3.63, 3.8) is 0 Å². The molecule has 0 aliphatic carbocycles. The van der Waals surface area contributed by atoms with Crippen LogP contribution in [0.4, 0.5) is 4.39 Å². The van der Waals surface area contributed by atoms with E-state index >= 15 is 0 Å². The van der Waals surface area contributed by atoms with E-state index < -0.39 is 11.9 Å². The summed E-state index contributed by atoms with van der Waals surface area (Å²) in [5, 5.41) is 10.1. The molecule has 1 rings (SSSR count). The van der Waals surface area contributed by atoms with Gasteiger partial charge in [-0.2, -0.15) is 0 Å². The molecule has 0 aliphatic rings. The molecule has 0 spiro atoms. The molecule has 0 aliphatic heterocycles. The Balaban J connectivity index is 2.17. The van der Waals surface area contributed by atoms with E-state index in [1.807, 2.05) is 0 Å². The van der Waals surface area contributed by atoms with E-state index in [0.717, 1.165) is 12.8 Å². The molecule has 0 fully saturated rings. The van der Waals surface area contributed by atoms with Crippen LogP contribution in [0.2, 0.25) is 5.02 Å². The molecule has 1 atom stereocenters. The fourth-order valence-electron chi connectivity index (χ4n) is 2.40. The smallest absolute Gasteiger partial charge is 0.147 e. The Morgan fingerprint density at radius 1 is 1.05 bits per heavy atom. The minimum Gasteiger partial charge on any atom is -0.388 e. The number of unbranched alkanes of at least 4 members (excludes halogenated alkanes) is 7. The summed E-state index contributed by atoms with van der Waals surface area (Å²) in [6.45, 7) is 2.22. The van der Waals surface area contributed by atoms with Crippen LogP contribution in [0.5, 0.6) is 0 Å². The van der Waals surface area contributed by atoms with E-state index in [4.69, 9.17) is 11.6 Å². The van der Waals surface area contributed by atoms with Crippen molar-refractivity contribution in [1.29, 1.82) is 0 Å². The van der Waals surface area contributed by atoms with Crippen LogP contribution in [0, 0.1) is 5.82 Å². The van der Waals surface area contributed by atoms with E-state index in [1.165, 1.54) is 44.6 Å². The number of benzene rings is 1. The van der Waals surface area contributed by atoms with Crippen molar-refractivity contribution in [2.24, 2.45) is 0 Å². The third kappa shape index (κ3) is 6.23. The Hall–Kier alpha value is -0.600. The quantitative estimate of drug-likeness (QED) is 0.522. The number of hydrogen-bond acceptors (Lipinski definition) is 1. The van der Waals surface area contributed by atoms with Crippen LogP contribution in [-0.2, 0) is 0 Å². The largest absolute Gasteiger partial charge is 0.388 e. The zero-order valence-electron chi connectivity index (χ0n) is 12.4. The van der Waals surface area contributed by atoms with Crippen molar-refractivity contribution in [2.75, 3.05) is 0 Å². The van der Waals surface area contributed by atoms with E-state index in [1.54, 1.807) is 12.1 Å². The zero-order valence-corrected chi connectivity index (χ0v) is 13.1. The molecule has 0 amide bonds. The fourth-order valence-corrected chi connectivity index (χ4v) is 2.59. The molecule has 1 N–H and O–H groups in total. The standard InChI is InChI=1S/C17H26ClFO/c1-2-3-4-5-6-7-8-9-13-16(20)14-11-10-12-15(18)17(14)19/h10-12,16,20H,2-9,13H2,1H3. The van der Waals surface area contributed by atoms with Gasteiger partial charge in [-0.05, 0) is 12.5 Å². The minimum atomic E-state index is -0.742. The first kappa shape index (κ1) is 17.5. The first-order chi connectivity index (χ1) is 9.66. The molecule has 0 bridgehead atoms. The van der Waals surface area contributed by atoms with Gasteiger partial charge in [0, 0.05) is 5.56 Å². The first-order valence-corrected chi connectivity index (χ1v) is 8.16. The normalized spacial score (nSPS) is 12.6. The summed E-state index contributed by atoms with van der Waals surface area (Å²) in [7, 11) is 0. The van der Waals surface area contributed by atoms with Crippen molar-refractivity contribution in [1.82, 2.24) is 0 Å². The number of aliphatic hydroxyl groups excluding tert-OH is 1. The molecule has 1 aromatic rings. The molecular weight excluding hydrogens is 275 g/mol. The van der Waals surface area contributed by atoms with Gasteiger partial charge in [-0.15, -0.1) is 0 Å². The van der Waals surface area contributed by atoms with Crippen molar-refractivity contribution >= 4 is 11.6 Å². The third-order valence-electron chi connectivity index (χ3n) is 3.67. The maximum Gasteiger partial charge on any atom is 0.147 e. The topological polar surface area (TPSA) is 20.2 Å². The Morgan fingerprint density at radius 2 is 1.65 bits per heavy atom. The van der Waals surface area contributed by atoms with Gasteiger partial charge >= 0.3 is 0 Å². The van der Waals surface area contributed by atoms with E-state index in [-0.39, 0.29) is 5.02 Å². The van der Waals surface area contributed by atoms with Crippen LogP contribution in [0.25, 0.3) is 0 Å². The van der Waals surface area contributed by atoms with Gasteiger partial charge in [-0.3, -0.25) is 0 Å². The first-order valence-electron chi connectivity index (χ1n) is 7.78. The predicted molar refractivity (Wildman–Crippen MR) is 83.6 cm³/mol. The van der Waals surface area contributed by atoms with Crippen molar-refractivity contribution in [3.05, 3.63) is 34.6 Å². The molecule has 0 saturated carbocycles. The second-order valence-electron chi connectivity index (χ2n) is 5.42. The van der Waals surface area contributed by atoms with Gasteiger partial charge in [0.1, 0.15) is 5.82 Å². The maximum absolute atomic E-state index is 13.7. The molecule has 1 aromatic carbocycles. The molecule has 1 unspecified atom stereocenters. The minimum absolute atomic E-state index is 0.0810. The number of halogens is 2. The molecule has 0 aromatic heterocycles. The third-order valence-corrected chi connectivity index (χ3v) is 3.96. The van der Waals surface area contributed by atoms with Crippen LogP contribution in [0.3, 0.4) is 0 Å². The summed E-state index contributed by atoms with van der Waals surface area (Å²) in [6.07, 6.45) is 9.60. The lowest BCUT2D eigenvalue weighted by Gasteiger charge is -2.12. The molecule has 0 saturated heterocycles. The second kappa shape index (κ2) is 10.2. The second-order valence-corrected chi connectivity index (χ2v) is 5.83. The SMILES string of the molecule is CCCCCCCCCCC(O)c1cccc(Cl)c1F. The fraction of sp³-hybridized carbons (Fsp3) is 0.647. The maximum atomic E-state index is 13.7. The number of hydrogen-bond donors (Lipinski definition) is 1. The highest BCUT2D eigenvalue weighted by molar-refractivity contribution is 6.30. The van der Waals surface area contributed by atoms with Crippen LogP contribution in [-0.4, -0.2) is 5.11 Å².